The van der Waals surface area contributed by atoms with E-state index in [1.807, 2.05) is 43.3 Å². The molecule has 0 saturated heterocycles. The first-order valence-corrected chi connectivity index (χ1v) is 16.1. The molecule has 6 rings (SSSR count). The van der Waals surface area contributed by atoms with Crippen LogP contribution in [0.3, 0.4) is 0 Å². The average Bonchev–Trinajstić information content (AvgIpc) is 3.31. The summed E-state index contributed by atoms with van der Waals surface area (Å²) >= 11 is 4.19. The lowest BCUT2D eigenvalue weighted by Gasteiger charge is -2.64. The molecular formula is C35H41BrO5. The molecule has 0 heterocycles. The van der Waals surface area contributed by atoms with E-state index in [9.17, 15) is 14.4 Å². The van der Waals surface area contributed by atoms with Gasteiger partial charge in [-0.05, 0) is 105 Å². The number of Topliss-reactive ketones (excluding diaryl/α,β-unsaturated/α-hetero) is 1. The van der Waals surface area contributed by atoms with Crippen LogP contribution in [0.4, 0.5) is 0 Å². The van der Waals surface area contributed by atoms with Crippen LogP contribution in [0.25, 0.3) is 0 Å². The molecule has 4 aliphatic carbocycles. The Kier molecular flexibility index (Phi) is 7.45. The SMILES string of the molecule is C[C@H](OC(=O)c1ccccc1)[C@H]1CC[C@H]2[C@@H]3CC[C@H]4C[C@H](OC(=O)c5ccccc5)CC[C@]4(C)[C@@]3(Br)C(=O)C[C@]12C. The van der Waals surface area contributed by atoms with Gasteiger partial charge in [-0.15, -0.1) is 0 Å². The van der Waals surface area contributed by atoms with Gasteiger partial charge in [0.05, 0.1) is 15.5 Å². The van der Waals surface area contributed by atoms with Gasteiger partial charge in [-0.25, -0.2) is 9.59 Å². The van der Waals surface area contributed by atoms with E-state index >= 15 is 0 Å². The second kappa shape index (κ2) is 10.7. The van der Waals surface area contributed by atoms with Gasteiger partial charge in [-0.3, -0.25) is 4.79 Å². The molecule has 6 heteroatoms. The van der Waals surface area contributed by atoms with E-state index < -0.39 is 4.32 Å². The van der Waals surface area contributed by atoms with Gasteiger partial charge in [-0.2, -0.15) is 0 Å². The predicted molar refractivity (Wildman–Crippen MR) is 161 cm³/mol. The quantitative estimate of drug-likeness (QED) is 0.252. The number of hydrogen-bond acceptors (Lipinski definition) is 5. The summed E-state index contributed by atoms with van der Waals surface area (Å²) in [5.74, 6) is 0.873. The molecule has 218 valence electrons. The van der Waals surface area contributed by atoms with Gasteiger partial charge in [0.15, 0.2) is 5.78 Å². The van der Waals surface area contributed by atoms with E-state index in [1.54, 1.807) is 24.3 Å². The number of carbonyl (C=O) groups is 3. The summed E-state index contributed by atoms with van der Waals surface area (Å²) in [4.78, 5) is 40.0. The zero-order chi connectivity index (χ0) is 29.0. The Labute approximate surface area is 251 Å². The third-order valence-electron chi connectivity index (χ3n) is 11.7. The highest BCUT2D eigenvalue weighted by Crippen LogP contribution is 2.71. The summed E-state index contributed by atoms with van der Waals surface area (Å²) in [7, 11) is 0. The Balaban J connectivity index is 1.18. The summed E-state index contributed by atoms with van der Waals surface area (Å²) in [5.41, 5.74) is 0.770. The fraction of sp³-hybridized carbons (Fsp3) is 0.571. The van der Waals surface area contributed by atoms with Crippen LogP contribution in [-0.2, 0) is 14.3 Å². The number of esters is 2. The Morgan fingerprint density at radius 3 is 2.12 bits per heavy atom. The van der Waals surface area contributed by atoms with Gasteiger partial charge in [0.1, 0.15) is 12.2 Å². The summed E-state index contributed by atoms with van der Waals surface area (Å²) in [6.07, 6.45) is 6.62. The molecule has 4 aliphatic rings. The number of fused-ring (bicyclic) bond motifs is 5. The van der Waals surface area contributed by atoms with Crippen LogP contribution in [-0.4, -0.2) is 34.3 Å². The molecule has 5 nitrogen and oxygen atoms in total. The van der Waals surface area contributed by atoms with Crippen LogP contribution >= 0.6 is 15.9 Å². The first kappa shape index (κ1) is 28.6. The van der Waals surface area contributed by atoms with Gasteiger partial charge in [-0.1, -0.05) is 66.2 Å². The van der Waals surface area contributed by atoms with Crippen molar-refractivity contribution in [3.63, 3.8) is 0 Å². The number of ether oxygens (including phenoxy) is 2. The van der Waals surface area contributed by atoms with Gasteiger partial charge in [0, 0.05) is 12.3 Å². The highest BCUT2D eigenvalue weighted by molar-refractivity contribution is 9.10. The molecule has 0 radical (unpaired) electrons. The zero-order valence-corrected chi connectivity index (χ0v) is 25.9. The topological polar surface area (TPSA) is 69.7 Å². The smallest absolute Gasteiger partial charge is 0.338 e. The Morgan fingerprint density at radius 1 is 0.854 bits per heavy atom. The van der Waals surface area contributed by atoms with E-state index in [1.165, 1.54) is 0 Å². The van der Waals surface area contributed by atoms with E-state index in [2.05, 4.69) is 29.8 Å². The number of rotatable bonds is 5. The minimum atomic E-state index is -0.569. The number of alkyl halides is 1. The normalized spacial score (nSPS) is 38.6. The second-order valence-electron chi connectivity index (χ2n) is 13.6. The molecule has 0 aromatic heterocycles. The van der Waals surface area contributed by atoms with Gasteiger partial charge in [0.2, 0.25) is 0 Å². The Bertz CT molecular complexity index is 1310. The van der Waals surface area contributed by atoms with Crippen molar-refractivity contribution >= 4 is 33.7 Å². The Morgan fingerprint density at radius 2 is 1.46 bits per heavy atom. The molecule has 2 aromatic rings. The second-order valence-corrected chi connectivity index (χ2v) is 14.8. The summed E-state index contributed by atoms with van der Waals surface area (Å²) in [6.45, 7) is 6.60. The summed E-state index contributed by atoms with van der Waals surface area (Å²) in [6, 6.07) is 18.4. The number of carbonyl (C=O) groups excluding carboxylic acids is 3. The molecule has 0 aliphatic heterocycles. The van der Waals surface area contributed by atoms with Crippen LogP contribution in [0.2, 0.25) is 0 Å². The van der Waals surface area contributed by atoms with Crippen molar-refractivity contribution in [3.05, 3.63) is 71.8 Å². The number of hydrogen-bond donors (Lipinski definition) is 0. The van der Waals surface area contributed by atoms with E-state index in [-0.39, 0.29) is 46.8 Å². The number of halogens is 1. The first-order chi connectivity index (χ1) is 19.6. The number of ketones is 1. The lowest BCUT2D eigenvalue weighted by atomic mass is 9.44. The summed E-state index contributed by atoms with van der Waals surface area (Å²) < 4.78 is 11.4. The van der Waals surface area contributed by atoms with Crippen molar-refractivity contribution in [2.45, 2.75) is 88.7 Å². The molecule has 41 heavy (non-hydrogen) atoms. The zero-order valence-electron chi connectivity index (χ0n) is 24.3. The molecule has 9 atom stereocenters. The first-order valence-electron chi connectivity index (χ1n) is 15.3. The maximum atomic E-state index is 14.4. The van der Waals surface area contributed by atoms with E-state index in [0.717, 1.165) is 44.9 Å². The molecule has 0 unspecified atom stereocenters. The molecule has 0 amide bonds. The third kappa shape index (κ3) is 4.60. The van der Waals surface area contributed by atoms with Crippen LogP contribution in [0.15, 0.2) is 60.7 Å². The van der Waals surface area contributed by atoms with Gasteiger partial charge < -0.3 is 9.47 Å². The predicted octanol–water partition coefficient (Wildman–Crippen LogP) is 7.81. The standard InChI is InChI=1S/C35H41BrO5/c1-22(40-31(38)23-10-6-4-7-11-23)27-16-17-28-29-15-14-25-20-26(41-32(39)24-12-8-5-9-13-24)18-19-34(25,3)35(29,36)30(37)21-33(27,28)2/h4-13,22,25-29H,14-21H2,1-3H3/t22-,25-,26+,27+,28-,29-,33+,34-,35-/m0/s1. The van der Waals surface area contributed by atoms with Gasteiger partial charge in [0.25, 0.3) is 0 Å². The van der Waals surface area contributed by atoms with Crippen LogP contribution in [0.1, 0.15) is 92.9 Å². The minimum absolute atomic E-state index is 0.117. The highest BCUT2D eigenvalue weighted by Gasteiger charge is 2.70. The fourth-order valence-electron chi connectivity index (χ4n) is 9.54. The van der Waals surface area contributed by atoms with Crippen molar-refractivity contribution in [3.8, 4) is 0 Å². The Hall–Kier alpha value is -2.47. The molecule has 0 bridgehead atoms. The minimum Gasteiger partial charge on any atom is -0.459 e. The average molecular weight is 622 g/mol. The maximum absolute atomic E-state index is 14.4. The van der Waals surface area contributed by atoms with Crippen LogP contribution in [0.5, 0.6) is 0 Å². The van der Waals surface area contributed by atoms with Crippen LogP contribution in [0, 0.1) is 34.5 Å². The molecule has 0 N–H and O–H groups in total. The summed E-state index contributed by atoms with van der Waals surface area (Å²) in [5, 5.41) is 0. The largest absolute Gasteiger partial charge is 0.459 e. The van der Waals surface area contributed by atoms with Crippen LogP contribution < -0.4 is 0 Å². The lowest BCUT2D eigenvalue weighted by Crippen LogP contribution is -2.67. The van der Waals surface area contributed by atoms with Crippen molar-refractivity contribution in [1.82, 2.24) is 0 Å². The fourth-order valence-corrected chi connectivity index (χ4v) is 10.7. The molecule has 2 aromatic carbocycles. The van der Waals surface area contributed by atoms with Crippen molar-refractivity contribution < 1.29 is 23.9 Å². The monoisotopic (exact) mass is 620 g/mol. The van der Waals surface area contributed by atoms with E-state index in [0.29, 0.717) is 35.2 Å². The van der Waals surface area contributed by atoms with E-state index in [4.69, 9.17) is 9.47 Å². The van der Waals surface area contributed by atoms with Crippen molar-refractivity contribution in [1.29, 1.82) is 0 Å². The van der Waals surface area contributed by atoms with Crippen molar-refractivity contribution in [2.24, 2.45) is 34.5 Å². The molecule has 4 saturated carbocycles. The third-order valence-corrected chi connectivity index (χ3v) is 13.6. The molecule has 0 spiro atoms. The maximum Gasteiger partial charge on any atom is 0.338 e. The van der Waals surface area contributed by atoms with Gasteiger partial charge >= 0.3 is 11.9 Å². The lowest BCUT2D eigenvalue weighted by molar-refractivity contribution is -0.154. The highest BCUT2D eigenvalue weighted by atomic mass is 79.9. The number of benzene rings is 2. The molecule has 4 fully saturated rings. The van der Waals surface area contributed by atoms with Crippen molar-refractivity contribution in [2.75, 3.05) is 0 Å². The molecular weight excluding hydrogens is 580 g/mol.